The molecule has 0 amide bonds. The van der Waals surface area contributed by atoms with Crippen LogP contribution in [0.4, 0.5) is 0 Å². The van der Waals surface area contributed by atoms with E-state index < -0.39 is 19.7 Å². The van der Waals surface area contributed by atoms with Crippen LogP contribution in [0.1, 0.15) is 25.2 Å². The largest absolute Gasteiger partial charge is 0.497 e. The molecule has 2 aromatic carbocycles. The van der Waals surface area contributed by atoms with Gasteiger partial charge in [-0.05, 0) is 73.5 Å². The van der Waals surface area contributed by atoms with Crippen molar-refractivity contribution in [1.29, 1.82) is 0 Å². The van der Waals surface area contributed by atoms with Gasteiger partial charge in [-0.2, -0.15) is 15.3 Å². The van der Waals surface area contributed by atoms with Crippen LogP contribution in [0.25, 0.3) is 39.7 Å². The molecule has 5 heterocycles. The summed E-state index contributed by atoms with van der Waals surface area (Å²) in [5, 5.41) is 13.1. The summed E-state index contributed by atoms with van der Waals surface area (Å²) >= 11 is 6.01. The Hall–Kier alpha value is -5.91. The van der Waals surface area contributed by atoms with Crippen molar-refractivity contribution < 1.29 is 26.3 Å². The summed E-state index contributed by atoms with van der Waals surface area (Å²) in [5.41, 5.74) is 5.14. The summed E-state index contributed by atoms with van der Waals surface area (Å²) in [6, 6.07) is 21.2. The highest BCUT2D eigenvalue weighted by atomic mass is 35.5. The van der Waals surface area contributed by atoms with Gasteiger partial charge in [0.25, 0.3) is 0 Å². The Labute approximate surface area is 329 Å². The number of pyridine rings is 2. The Morgan fingerprint density at radius 3 is 1.52 bits per heavy atom. The maximum atomic E-state index is 12.7. The number of methoxy groups -OCH3 is 2. The van der Waals surface area contributed by atoms with E-state index in [0.29, 0.717) is 5.82 Å². The molecule has 0 fully saturated rings. The zero-order valence-electron chi connectivity index (χ0n) is 31.3. The predicted octanol–water partition coefficient (Wildman–Crippen LogP) is 6.32. The molecule has 7 rings (SSSR count). The molecule has 56 heavy (non-hydrogen) atoms. The van der Waals surface area contributed by atoms with Crippen molar-refractivity contribution in [2.75, 3.05) is 25.7 Å². The molecule has 0 atom stereocenters. The molecule has 0 aliphatic rings. The van der Waals surface area contributed by atoms with Gasteiger partial charge >= 0.3 is 0 Å². The van der Waals surface area contributed by atoms with Gasteiger partial charge in [0.15, 0.2) is 37.1 Å². The highest BCUT2D eigenvalue weighted by Gasteiger charge is 2.24. The molecule has 0 aliphatic carbocycles. The molecular weight excluding hydrogens is 778 g/mol. The zero-order valence-corrected chi connectivity index (χ0v) is 33.7. The van der Waals surface area contributed by atoms with E-state index in [1.807, 2.05) is 62.4 Å². The standard InChI is InChI=1S/C20H20N6O3S.C18H18ClN3O3S/c1-4-30(27,28)18-9-10-19(25-13-21-12-23-25)24-20(18)26-14(2)17(11-22-26)15-5-7-16(29-3)8-6-15;1-4-26(23,24)16-9-10-17(19)21-18(16)22-12(2)15(11-20-22)13-5-7-14(25-3)8-6-13/h5-13H,4H2,1-3H3;5-11H,4H2,1-3H3. The summed E-state index contributed by atoms with van der Waals surface area (Å²) in [5.74, 6) is 2.30. The summed E-state index contributed by atoms with van der Waals surface area (Å²) in [6.45, 7) is 6.92. The first kappa shape index (κ1) is 39.8. The second-order valence-corrected chi connectivity index (χ2v) is 17.0. The summed E-state index contributed by atoms with van der Waals surface area (Å²) in [7, 11) is -3.78. The molecule has 0 N–H and O–H groups in total. The number of benzene rings is 2. The van der Waals surface area contributed by atoms with Crippen molar-refractivity contribution in [2.24, 2.45) is 0 Å². The lowest BCUT2D eigenvalue weighted by Gasteiger charge is -2.12. The molecule has 5 aromatic heterocycles. The van der Waals surface area contributed by atoms with Gasteiger partial charge < -0.3 is 9.47 Å². The third kappa shape index (κ3) is 8.05. The number of sulfone groups is 2. The number of halogens is 1. The van der Waals surface area contributed by atoms with E-state index in [0.717, 1.165) is 45.1 Å². The van der Waals surface area contributed by atoms with Gasteiger partial charge in [-0.15, -0.1) is 0 Å². The first-order chi connectivity index (χ1) is 26.8. The quantitative estimate of drug-likeness (QED) is 0.133. The van der Waals surface area contributed by atoms with E-state index in [1.54, 1.807) is 51.2 Å². The van der Waals surface area contributed by atoms with Crippen LogP contribution in [0, 0.1) is 13.8 Å². The minimum absolute atomic E-state index is 0.0328. The maximum absolute atomic E-state index is 12.7. The number of aromatic nitrogens is 9. The maximum Gasteiger partial charge on any atom is 0.181 e. The summed E-state index contributed by atoms with van der Waals surface area (Å²) in [4.78, 5) is 12.9. The van der Waals surface area contributed by atoms with Gasteiger partial charge in [0.05, 0.1) is 49.5 Å². The fraction of sp³-hybridized carbons (Fsp3) is 0.211. The molecule has 15 nitrogen and oxygen atoms in total. The van der Waals surface area contributed by atoms with Crippen molar-refractivity contribution in [1.82, 2.24) is 44.3 Å². The second kappa shape index (κ2) is 16.4. The first-order valence-corrected chi connectivity index (χ1v) is 20.9. The van der Waals surface area contributed by atoms with Crippen LogP contribution in [0.15, 0.2) is 108 Å². The number of hydrogen-bond acceptors (Lipinski definition) is 12. The molecule has 0 radical (unpaired) electrons. The van der Waals surface area contributed by atoms with E-state index in [9.17, 15) is 16.8 Å². The topological polar surface area (TPSA) is 179 Å². The van der Waals surface area contributed by atoms with Crippen LogP contribution in [0.5, 0.6) is 11.5 Å². The minimum atomic E-state index is -3.53. The number of rotatable bonds is 11. The summed E-state index contributed by atoms with van der Waals surface area (Å²) in [6.07, 6.45) is 6.27. The van der Waals surface area contributed by atoms with E-state index in [1.165, 1.54) is 40.2 Å². The van der Waals surface area contributed by atoms with Crippen LogP contribution < -0.4 is 9.47 Å². The Morgan fingerprint density at radius 2 is 1.09 bits per heavy atom. The van der Waals surface area contributed by atoms with Crippen LogP contribution in [0.3, 0.4) is 0 Å². The number of hydrogen-bond donors (Lipinski definition) is 0. The average Bonchev–Trinajstić information content (AvgIpc) is 3.98. The smallest absolute Gasteiger partial charge is 0.181 e. The van der Waals surface area contributed by atoms with Gasteiger partial charge in [-0.1, -0.05) is 49.7 Å². The van der Waals surface area contributed by atoms with E-state index in [2.05, 4.69) is 30.2 Å². The van der Waals surface area contributed by atoms with Crippen molar-refractivity contribution in [3.63, 3.8) is 0 Å². The van der Waals surface area contributed by atoms with Gasteiger partial charge in [0.2, 0.25) is 0 Å². The van der Waals surface area contributed by atoms with Gasteiger partial charge in [-0.3, -0.25) is 0 Å². The van der Waals surface area contributed by atoms with Crippen LogP contribution in [0.2, 0.25) is 5.15 Å². The molecule has 290 valence electrons. The average molecular weight is 816 g/mol. The number of nitrogens with zero attached hydrogens (tertiary/aromatic N) is 9. The molecule has 0 bridgehead atoms. The van der Waals surface area contributed by atoms with Crippen LogP contribution in [-0.4, -0.2) is 86.9 Å². The second-order valence-electron chi connectivity index (χ2n) is 12.2. The van der Waals surface area contributed by atoms with Crippen molar-refractivity contribution >= 4 is 31.3 Å². The fourth-order valence-electron chi connectivity index (χ4n) is 5.75. The monoisotopic (exact) mass is 815 g/mol. The van der Waals surface area contributed by atoms with Crippen molar-refractivity contribution in [3.8, 4) is 51.2 Å². The Bertz CT molecular complexity index is 2700. The molecule has 0 aliphatic heterocycles. The Balaban J connectivity index is 0.000000192. The van der Waals surface area contributed by atoms with E-state index in [-0.39, 0.29) is 38.1 Å². The molecule has 7 aromatic rings. The lowest BCUT2D eigenvalue weighted by molar-refractivity contribution is 0.415. The molecule has 0 saturated carbocycles. The Kier molecular flexibility index (Phi) is 11.7. The minimum Gasteiger partial charge on any atom is -0.497 e. The SMILES string of the molecule is CCS(=O)(=O)c1ccc(-n2cncn2)nc1-n1ncc(-c2ccc(OC)cc2)c1C.CCS(=O)(=O)c1ccc(Cl)nc1-n1ncc(-c2ccc(OC)cc2)c1C. The van der Waals surface area contributed by atoms with E-state index >= 15 is 0 Å². The molecule has 18 heteroatoms. The van der Waals surface area contributed by atoms with Gasteiger partial charge in [0.1, 0.15) is 39.1 Å². The van der Waals surface area contributed by atoms with Crippen LogP contribution in [-0.2, 0) is 19.7 Å². The molecule has 0 unspecified atom stereocenters. The fourth-order valence-corrected chi connectivity index (χ4v) is 7.88. The lowest BCUT2D eigenvalue weighted by atomic mass is 10.1. The van der Waals surface area contributed by atoms with Gasteiger partial charge in [0, 0.05) is 11.1 Å². The van der Waals surface area contributed by atoms with Crippen LogP contribution >= 0.6 is 11.6 Å². The normalized spacial score (nSPS) is 11.6. The summed E-state index contributed by atoms with van der Waals surface area (Å²) < 4.78 is 65.2. The Morgan fingerprint density at radius 1 is 0.625 bits per heavy atom. The van der Waals surface area contributed by atoms with Crippen molar-refractivity contribution in [2.45, 2.75) is 37.5 Å². The zero-order chi connectivity index (χ0) is 40.2. The highest BCUT2D eigenvalue weighted by molar-refractivity contribution is 7.91. The van der Waals surface area contributed by atoms with Gasteiger partial charge in [-0.25, -0.2) is 45.8 Å². The molecule has 0 spiro atoms. The first-order valence-electron chi connectivity index (χ1n) is 17.2. The number of ether oxygens (including phenoxy) is 2. The molecule has 0 saturated heterocycles. The third-order valence-corrected chi connectivity index (χ3v) is 12.6. The molecular formula is C38H38ClN9O6S2. The van der Waals surface area contributed by atoms with E-state index in [4.69, 9.17) is 21.1 Å². The van der Waals surface area contributed by atoms with Crippen molar-refractivity contribution in [3.05, 3.63) is 114 Å². The third-order valence-electron chi connectivity index (χ3n) is 8.94. The highest BCUT2D eigenvalue weighted by Crippen LogP contribution is 2.31. The lowest BCUT2D eigenvalue weighted by Crippen LogP contribution is -2.14. The predicted molar refractivity (Wildman–Crippen MR) is 212 cm³/mol.